The molecule has 13 heavy (non-hydrogen) atoms. The zero-order valence-corrected chi connectivity index (χ0v) is 8.76. The molecule has 1 nitrogen and oxygen atoms in total. The summed E-state index contributed by atoms with van der Waals surface area (Å²) < 4.78 is 34.9. The Labute approximate surface area is 81.5 Å². The van der Waals surface area contributed by atoms with Gasteiger partial charge in [-0.3, -0.25) is 0 Å². The third-order valence-corrected chi connectivity index (χ3v) is 2.21. The van der Waals surface area contributed by atoms with Crippen molar-refractivity contribution in [3.05, 3.63) is 0 Å². The van der Waals surface area contributed by atoms with Gasteiger partial charge in [0, 0.05) is 11.8 Å². The number of unbranched alkanes of at least 4 members (excludes halogenated alkanes) is 1. The van der Waals surface area contributed by atoms with E-state index >= 15 is 0 Å². The molecule has 0 amide bonds. The minimum atomic E-state index is -4.06. The molecule has 0 atom stereocenters. The maximum absolute atomic E-state index is 11.6. The number of alkyl halides is 3. The second-order valence-corrected chi connectivity index (χ2v) is 4.27. The second-order valence-electron chi connectivity index (χ2n) is 3.11. The Kier molecular flexibility index (Phi) is 6.59. The van der Waals surface area contributed by atoms with Crippen LogP contribution in [0.4, 0.5) is 13.2 Å². The Morgan fingerprint density at radius 1 is 1.23 bits per heavy atom. The Morgan fingerprint density at radius 3 is 2.31 bits per heavy atom. The van der Waals surface area contributed by atoms with Crippen LogP contribution < -0.4 is 5.32 Å². The van der Waals surface area contributed by atoms with Crippen molar-refractivity contribution in [2.24, 2.45) is 0 Å². The van der Waals surface area contributed by atoms with Gasteiger partial charge in [0.1, 0.15) is 0 Å². The summed E-state index contributed by atoms with van der Waals surface area (Å²) in [6.45, 7) is 4.84. The van der Waals surface area contributed by atoms with Gasteiger partial charge in [0.05, 0.1) is 0 Å². The average Bonchev–Trinajstić information content (AvgIpc) is 1.93. The molecule has 0 heterocycles. The van der Waals surface area contributed by atoms with Crippen LogP contribution in [-0.2, 0) is 0 Å². The monoisotopic (exact) mass is 215 g/mol. The zero-order chi connectivity index (χ0) is 10.3. The largest absolute Gasteiger partial charge is 0.441 e. The van der Waals surface area contributed by atoms with E-state index in [1.54, 1.807) is 0 Å². The normalized spacial score (nSPS) is 12.5. The first kappa shape index (κ1) is 13.1. The molecule has 0 saturated carbocycles. The lowest BCUT2D eigenvalue weighted by Crippen LogP contribution is -2.23. The van der Waals surface area contributed by atoms with E-state index in [1.807, 2.05) is 13.8 Å². The average molecular weight is 215 g/mol. The van der Waals surface area contributed by atoms with Crippen molar-refractivity contribution in [2.45, 2.75) is 38.2 Å². The lowest BCUT2D eigenvalue weighted by Gasteiger charge is -2.08. The van der Waals surface area contributed by atoms with Gasteiger partial charge in [0.15, 0.2) is 0 Å². The van der Waals surface area contributed by atoms with Crippen LogP contribution in [0.25, 0.3) is 0 Å². The van der Waals surface area contributed by atoms with Crippen LogP contribution in [0.3, 0.4) is 0 Å². The summed E-state index contributed by atoms with van der Waals surface area (Å²) >= 11 is 0.0646. The van der Waals surface area contributed by atoms with E-state index < -0.39 is 5.51 Å². The molecule has 0 unspecified atom stereocenters. The van der Waals surface area contributed by atoms with E-state index in [2.05, 4.69) is 5.32 Å². The molecular weight excluding hydrogens is 199 g/mol. The van der Waals surface area contributed by atoms with Crippen molar-refractivity contribution in [2.75, 3.05) is 12.3 Å². The third-order valence-electron chi connectivity index (χ3n) is 1.39. The number of rotatable bonds is 6. The number of hydrogen-bond donors (Lipinski definition) is 1. The van der Waals surface area contributed by atoms with Gasteiger partial charge >= 0.3 is 5.51 Å². The van der Waals surface area contributed by atoms with E-state index in [4.69, 9.17) is 0 Å². The first-order valence-corrected chi connectivity index (χ1v) is 5.34. The molecule has 5 heteroatoms. The first-order chi connectivity index (χ1) is 5.92. The lowest BCUT2D eigenvalue weighted by atomic mass is 10.3. The predicted octanol–water partition coefficient (Wildman–Crippen LogP) is 3.02. The molecule has 0 aromatic rings. The van der Waals surface area contributed by atoms with Crippen molar-refractivity contribution in [3.8, 4) is 0 Å². The number of thioether (sulfide) groups is 1. The summed E-state index contributed by atoms with van der Waals surface area (Å²) in [6, 6.07) is 0.412. The second kappa shape index (κ2) is 6.54. The summed E-state index contributed by atoms with van der Waals surface area (Å²) in [5.41, 5.74) is -4.06. The molecule has 0 rings (SSSR count). The smallest absolute Gasteiger partial charge is 0.315 e. The summed E-state index contributed by atoms with van der Waals surface area (Å²) in [5.74, 6) is 0.170. The zero-order valence-electron chi connectivity index (χ0n) is 7.95. The minimum absolute atomic E-state index is 0.0646. The van der Waals surface area contributed by atoms with Crippen LogP contribution in [0.1, 0.15) is 26.7 Å². The maximum atomic E-state index is 11.6. The topological polar surface area (TPSA) is 12.0 Å². The Balaban J connectivity index is 3.09. The fourth-order valence-electron chi connectivity index (χ4n) is 0.806. The van der Waals surface area contributed by atoms with Crippen LogP contribution in [0.5, 0.6) is 0 Å². The van der Waals surface area contributed by atoms with Gasteiger partial charge in [-0.1, -0.05) is 25.6 Å². The maximum Gasteiger partial charge on any atom is 0.441 e. The van der Waals surface area contributed by atoms with Gasteiger partial charge in [-0.05, 0) is 19.4 Å². The Bertz CT molecular complexity index is 125. The minimum Gasteiger partial charge on any atom is -0.315 e. The van der Waals surface area contributed by atoms with Crippen LogP contribution in [-0.4, -0.2) is 23.8 Å². The molecule has 0 spiro atoms. The van der Waals surface area contributed by atoms with Crippen LogP contribution in [0, 0.1) is 0 Å². The molecule has 0 bridgehead atoms. The van der Waals surface area contributed by atoms with Crippen molar-refractivity contribution in [3.63, 3.8) is 0 Å². The van der Waals surface area contributed by atoms with Crippen LogP contribution in [0.15, 0.2) is 0 Å². The van der Waals surface area contributed by atoms with Gasteiger partial charge in [0.2, 0.25) is 0 Å². The summed E-state index contributed by atoms with van der Waals surface area (Å²) in [4.78, 5) is 0. The molecule has 0 saturated heterocycles. The van der Waals surface area contributed by atoms with Crippen molar-refractivity contribution < 1.29 is 13.2 Å². The van der Waals surface area contributed by atoms with Gasteiger partial charge < -0.3 is 5.32 Å². The van der Waals surface area contributed by atoms with Crippen LogP contribution >= 0.6 is 11.8 Å². The highest BCUT2D eigenvalue weighted by Gasteiger charge is 2.27. The summed E-state index contributed by atoms with van der Waals surface area (Å²) in [6.07, 6.45) is 1.42. The highest BCUT2D eigenvalue weighted by atomic mass is 32.2. The van der Waals surface area contributed by atoms with Crippen molar-refractivity contribution in [1.29, 1.82) is 0 Å². The molecule has 80 valence electrons. The highest BCUT2D eigenvalue weighted by Crippen LogP contribution is 2.30. The molecule has 1 N–H and O–H groups in total. The molecule has 0 aliphatic carbocycles. The Hall–Kier alpha value is 0.100. The molecule has 0 fully saturated rings. The number of halogens is 3. The van der Waals surface area contributed by atoms with Gasteiger partial charge in [-0.15, -0.1) is 0 Å². The first-order valence-electron chi connectivity index (χ1n) is 4.36. The van der Waals surface area contributed by atoms with E-state index in [0.29, 0.717) is 12.5 Å². The number of nitrogens with one attached hydrogen (secondary N) is 1. The lowest BCUT2D eigenvalue weighted by molar-refractivity contribution is -0.0328. The van der Waals surface area contributed by atoms with E-state index in [0.717, 1.165) is 13.0 Å². The Morgan fingerprint density at radius 2 is 1.85 bits per heavy atom. The summed E-state index contributed by atoms with van der Waals surface area (Å²) in [7, 11) is 0. The fraction of sp³-hybridized carbons (Fsp3) is 1.00. The molecule has 0 radical (unpaired) electrons. The number of hydrogen-bond acceptors (Lipinski definition) is 2. The predicted molar refractivity (Wildman–Crippen MR) is 50.9 cm³/mol. The van der Waals surface area contributed by atoms with Gasteiger partial charge in [-0.2, -0.15) is 13.2 Å². The third kappa shape index (κ3) is 12.1. The SMILES string of the molecule is CC(C)NCCCCSC(F)(F)F. The quantitative estimate of drug-likeness (QED) is 0.683. The van der Waals surface area contributed by atoms with E-state index in [-0.39, 0.29) is 17.5 Å². The summed E-state index contributed by atoms with van der Waals surface area (Å²) in [5, 5.41) is 3.15. The van der Waals surface area contributed by atoms with Crippen molar-refractivity contribution >= 4 is 11.8 Å². The van der Waals surface area contributed by atoms with Gasteiger partial charge in [-0.25, -0.2) is 0 Å². The van der Waals surface area contributed by atoms with Crippen LogP contribution in [0.2, 0.25) is 0 Å². The molecule has 0 aromatic heterocycles. The molecule has 0 aliphatic rings. The van der Waals surface area contributed by atoms with Gasteiger partial charge in [0.25, 0.3) is 0 Å². The van der Waals surface area contributed by atoms with E-state index in [1.165, 1.54) is 0 Å². The van der Waals surface area contributed by atoms with E-state index in [9.17, 15) is 13.2 Å². The standard InChI is InChI=1S/C8H16F3NS/c1-7(2)12-5-3-4-6-13-8(9,10)11/h7,12H,3-6H2,1-2H3. The molecule has 0 aliphatic heterocycles. The fourth-order valence-corrected chi connectivity index (χ4v) is 1.39. The molecular formula is C8H16F3NS. The van der Waals surface area contributed by atoms with Crippen molar-refractivity contribution in [1.82, 2.24) is 5.32 Å². The molecule has 0 aromatic carbocycles. The highest BCUT2D eigenvalue weighted by molar-refractivity contribution is 8.00.